The summed E-state index contributed by atoms with van der Waals surface area (Å²) in [6.45, 7) is 3.57. The molecule has 3 heteroatoms. The first-order valence-corrected chi connectivity index (χ1v) is 7.69. The first-order chi connectivity index (χ1) is 10.6. The van der Waals surface area contributed by atoms with Crippen molar-refractivity contribution in [3.8, 4) is 16.9 Å². The highest BCUT2D eigenvalue weighted by Crippen LogP contribution is 2.38. The summed E-state index contributed by atoms with van der Waals surface area (Å²) in [5.74, 6) is 0.871. The number of aryl methyl sites for hydroxylation is 1. The van der Waals surface area contributed by atoms with Crippen LogP contribution in [0.3, 0.4) is 0 Å². The Morgan fingerprint density at radius 2 is 1.64 bits per heavy atom. The van der Waals surface area contributed by atoms with Crippen molar-refractivity contribution in [3.63, 3.8) is 0 Å². The zero-order valence-electron chi connectivity index (χ0n) is 13.3. The van der Waals surface area contributed by atoms with E-state index >= 15 is 0 Å². The molecule has 2 aromatic carbocycles. The second kappa shape index (κ2) is 5.93. The van der Waals surface area contributed by atoms with Gasteiger partial charge in [-0.3, -0.25) is 4.79 Å². The molecular formula is C19H21NO2. The fourth-order valence-corrected chi connectivity index (χ4v) is 2.76. The molecule has 1 aliphatic carbocycles. The van der Waals surface area contributed by atoms with Crippen molar-refractivity contribution in [2.24, 2.45) is 0 Å². The molecule has 0 aromatic heterocycles. The van der Waals surface area contributed by atoms with E-state index < -0.39 is 0 Å². The van der Waals surface area contributed by atoms with E-state index in [9.17, 15) is 4.79 Å². The van der Waals surface area contributed by atoms with Gasteiger partial charge in [-0.05, 0) is 61.5 Å². The lowest BCUT2D eigenvalue weighted by atomic mass is 10.0. The molecule has 2 aromatic rings. The minimum absolute atomic E-state index is 0.110. The molecule has 0 amide bonds. The summed E-state index contributed by atoms with van der Waals surface area (Å²) < 4.78 is 5.74. The first-order valence-electron chi connectivity index (χ1n) is 7.69. The summed E-state index contributed by atoms with van der Waals surface area (Å²) >= 11 is 0. The highest BCUT2D eigenvalue weighted by atomic mass is 16.5. The van der Waals surface area contributed by atoms with Gasteiger partial charge in [0.2, 0.25) is 0 Å². The first kappa shape index (κ1) is 14.8. The van der Waals surface area contributed by atoms with Crippen molar-refractivity contribution < 1.29 is 9.53 Å². The predicted octanol–water partition coefficient (Wildman–Crippen LogP) is 3.40. The minimum atomic E-state index is 0.110. The summed E-state index contributed by atoms with van der Waals surface area (Å²) in [4.78, 5) is 14.7. The summed E-state index contributed by atoms with van der Waals surface area (Å²) in [5, 5.41) is 0. The number of benzene rings is 2. The standard InChI is InChI=1S/C19H21NO2/c1-4-13-5-7-15-16-8-6-14(22-10-9-20(2)3)12-18(16)19(21)17(15)11-13/h5-8,11-12H,4,9-10H2,1-3H3. The number of hydrogen-bond donors (Lipinski definition) is 0. The number of rotatable bonds is 5. The average molecular weight is 295 g/mol. The van der Waals surface area contributed by atoms with Crippen LogP contribution < -0.4 is 4.74 Å². The number of carbonyl (C=O) groups excluding carboxylic acids is 1. The fourth-order valence-electron chi connectivity index (χ4n) is 2.76. The van der Waals surface area contributed by atoms with Crippen LogP contribution in [-0.4, -0.2) is 37.9 Å². The highest BCUT2D eigenvalue weighted by molar-refractivity contribution is 6.21. The maximum Gasteiger partial charge on any atom is 0.194 e. The topological polar surface area (TPSA) is 29.5 Å². The summed E-state index contributed by atoms with van der Waals surface area (Å²) in [7, 11) is 4.02. The zero-order chi connectivity index (χ0) is 15.7. The maximum absolute atomic E-state index is 12.6. The Hall–Kier alpha value is -2.13. The summed E-state index contributed by atoms with van der Waals surface area (Å²) in [6, 6.07) is 12.0. The average Bonchev–Trinajstić information content (AvgIpc) is 2.79. The van der Waals surface area contributed by atoms with Crippen LogP contribution in [0.2, 0.25) is 0 Å². The molecule has 22 heavy (non-hydrogen) atoms. The number of fused-ring (bicyclic) bond motifs is 3. The fraction of sp³-hybridized carbons (Fsp3) is 0.316. The SMILES string of the molecule is CCc1ccc2c(c1)C(=O)c1cc(OCCN(C)C)ccc1-2. The molecule has 0 saturated heterocycles. The Balaban J connectivity index is 1.88. The largest absolute Gasteiger partial charge is 0.492 e. The summed E-state index contributed by atoms with van der Waals surface area (Å²) in [6.07, 6.45) is 0.940. The van der Waals surface area contributed by atoms with Gasteiger partial charge in [0.25, 0.3) is 0 Å². The lowest BCUT2D eigenvalue weighted by molar-refractivity contribution is 0.104. The van der Waals surface area contributed by atoms with E-state index in [1.165, 1.54) is 5.56 Å². The van der Waals surface area contributed by atoms with Gasteiger partial charge in [0, 0.05) is 17.7 Å². The van der Waals surface area contributed by atoms with Gasteiger partial charge in [-0.25, -0.2) is 0 Å². The van der Waals surface area contributed by atoms with Crippen molar-refractivity contribution >= 4 is 5.78 Å². The third-order valence-electron chi connectivity index (χ3n) is 4.07. The van der Waals surface area contributed by atoms with Crippen LogP contribution in [0.15, 0.2) is 36.4 Å². The molecule has 0 radical (unpaired) electrons. The smallest absolute Gasteiger partial charge is 0.194 e. The van der Waals surface area contributed by atoms with Gasteiger partial charge < -0.3 is 9.64 Å². The molecule has 1 aliphatic rings. The quantitative estimate of drug-likeness (QED) is 0.722. The molecule has 0 fully saturated rings. The molecule has 0 saturated carbocycles. The molecule has 0 unspecified atom stereocenters. The molecule has 3 nitrogen and oxygen atoms in total. The Morgan fingerprint density at radius 1 is 0.955 bits per heavy atom. The Kier molecular flexibility index (Phi) is 3.99. The second-order valence-electron chi connectivity index (χ2n) is 5.92. The highest BCUT2D eigenvalue weighted by Gasteiger charge is 2.27. The van der Waals surface area contributed by atoms with Gasteiger partial charge in [0.1, 0.15) is 12.4 Å². The van der Waals surface area contributed by atoms with Crippen LogP contribution in [0.1, 0.15) is 28.4 Å². The van der Waals surface area contributed by atoms with Crippen LogP contribution in [0, 0.1) is 0 Å². The van der Waals surface area contributed by atoms with Gasteiger partial charge >= 0.3 is 0 Å². The number of ketones is 1. The normalized spacial score (nSPS) is 12.5. The molecule has 114 valence electrons. The minimum Gasteiger partial charge on any atom is -0.492 e. The third-order valence-corrected chi connectivity index (χ3v) is 4.07. The lowest BCUT2D eigenvalue weighted by Crippen LogP contribution is -2.19. The molecule has 0 aliphatic heterocycles. The molecular weight excluding hydrogens is 274 g/mol. The monoisotopic (exact) mass is 295 g/mol. The van der Waals surface area contributed by atoms with E-state index in [-0.39, 0.29) is 5.78 Å². The molecule has 0 bridgehead atoms. The van der Waals surface area contributed by atoms with Crippen molar-refractivity contribution in [1.29, 1.82) is 0 Å². The zero-order valence-corrected chi connectivity index (χ0v) is 13.3. The van der Waals surface area contributed by atoms with Crippen molar-refractivity contribution in [3.05, 3.63) is 53.1 Å². The Morgan fingerprint density at radius 3 is 2.32 bits per heavy atom. The lowest BCUT2D eigenvalue weighted by Gasteiger charge is -2.11. The molecule has 0 N–H and O–H groups in total. The van der Waals surface area contributed by atoms with Crippen LogP contribution in [0.25, 0.3) is 11.1 Å². The van der Waals surface area contributed by atoms with Crippen molar-refractivity contribution in [1.82, 2.24) is 4.90 Å². The molecule has 0 atom stereocenters. The Labute approximate surface area is 131 Å². The van der Waals surface area contributed by atoms with E-state index in [1.807, 2.05) is 38.4 Å². The molecule has 0 spiro atoms. The van der Waals surface area contributed by atoms with Gasteiger partial charge in [0.05, 0.1) is 0 Å². The van der Waals surface area contributed by atoms with Gasteiger partial charge in [0.15, 0.2) is 5.78 Å². The van der Waals surface area contributed by atoms with Crippen LogP contribution in [-0.2, 0) is 6.42 Å². The van der Waals surface area contributed by atoms with Crippen molar-refractivity contribution in [2.75, 3.05) is 27.2 Å². The Bertz CT molecular complexity index is 719. The van der Waals surface area contributed by atoms with E-state index in [1.54, 1.807) is 0 Å². The number of likely N-dealkylation sites (N-methyl/N-ethyl adjacent to an activating group) is 1. The predicted molar refractivity (Wildman–Crippen MR) is 88.7 cm³/mol. The van der Waals surface area contributed by atoms with E-state index in [0.29, 0.717) is 6.61 Å². The third kappa shape index (κ3) is 2.64. The van der Waals surface area contributed by atoms with Gasteiger partial charge in [-0.2, -0.15) is 0 Å². The maximum atomic E-state index is 12.6. The van der Waals surface area contributed by atoms with Gasteiger partial charge in [-0.1, -0.05) is 19.1 Å². The number of ether oxygens (including phenoxy) is 1. The second-order valence-corrected chi connectivity index (χ2v) is 5.92. The van der Waals surface area contributed by atoms with Crippen molar-refractivity contribution in [2.45, 2.75) is 13.3 Å². The molecule has 3 rings (SSSR count). The van der Waals surface area contributed by atoms with Crippen LogP contribution >= 0.6 is 0 Å². The number of nitrogens with zero attached hydrogens (tertiary/aromatic N) is 1. The summed E-state index contributed by atoms with van der Waals surface area (Å²) in [5.41, 5.74) is 4.83. The van der Waals surface area contributed by atoms with E-state index in [2.05, 4.69) is 24.0 Å². The molecule has 0 heterocycles. The van der Waals surface area contributed by atoms with E-state index in [0.717, 1.165) is 41.0 Å². The van der Waals surface area contributed by atoms with Crippen LogP contribution in [0.5, 0.6) is 5.75 Å². The van der Waals surface area contributed by atoms with E-state index in [4.69, 9.17) is 4.74 Å². The number of hydrogen-bond acceptors (Lipinski definition) is 3. The number of carbonyl (C=O) groups is 1. The van der Waals surface area contributed by atoms with Gasteiger partial charge in [-0.15, -0.1) is 0 Å². The van der Waals surface area contributed by atoms with Crippen LogP contribution in [0.4, 0.5) is 0 Å².